The molecule has 1 aromatic carbocycles. The summed E-state index contributed by atoms with van der Waals surface area (Å²) in [5.74, 6) is -0.0380. The van der Waals surface area contributed by atoms with Gasteiger partial charge < -0.3 is 10.6 Å². The van der Waals surface area contributed by atoms with Crippen LogP contribution in [0.2, 0.25) is 0 Å². The molecule has 1 amide bonds. The van der Waals surface area contributed by atoms with Crippen LogP contribution in [0.25, 0.3) is 10.9 Å². The SMILES string of the molecule is NC(=O)c1cnn(C2CN(c3ncnc4cc(F)ccc34)C2)c1. The molecule has 0 atom stereocenters. The van der Waals surface area contributed by atoms with Gasteiger partial charge in [-0.3, -0.25) is 9.48 Å². The van der Waals surface area contributed by atoms with E-state index in [4.69, 9.17) is 5.73 Å². The molecule has 0 bridgehead atoms. The molecule has 8 heteroatoms. The van der Waals surface area contributed by atoms with E-state index in [-0.39, 0.29) is 11.9 Å². The number of benzene rings is 1. The summed E-state index contributed by atoms with van der Waals surface area (Å²) in [5.41, 5.74) is 6.20. The van der Waals surface area contributed by atoms with Crippen LogP contribution < -0.4 is 10.6 Å². The van der Waals surface area contributed by atoms with Crippen LogP contribution >= 0.6 is 0 Å². The zero-order valence-electron chi connectivity index (χ0n) is 12.1. The first kappa shape index (κ1) is 13.6. The van der Waals surface area contributed by atoms with Crippen molar-refractivity contribution in [1.29, 1.82) is 0 Å². The molecule has 1 aliphatic heterocycles. The summed E-state index contributed by atoms with van der Waals surface area (Å²) in [6.07, 6.45) is 4.55. The van der Waals surface area contributed by atoms with Crippen molar-refractivity contribution in [3.05, 3.63) is 48.3 Å². The monoisotopic (exact) mass is 312 g/mol. The summed E-state index contributed by atoms with van der Waals surface area (Å²) in [7, 11) is 0. The fourth-order valence-corrected chi connectivity index (χ4v) is 2.73. The van der Waals surface area contributed by atoms with Gasteiger partial charge in [-0.2, -0.15) is 5.10 Å². The number of rotatable bonds is 3. The van der Waals surface area contributed by atoms with Crippen molar-refractivity contribution >= 4 is 22.6 Å². The third kappa shape index (κ3) is 2.28. The third-order valence-corrected chi connectivity index (χ3v) is 4.00. The fraction of sp³-hybridized carbons (Fsp3) is 0.200. The van der Waals surface area contributed by atoms with Gasteiger partial charge in [-0.05, 0) is 12.1 Å². The van der Waals surface area contributed by atoms with E-state index in [9.17, 15) is 9.18 Å². The summed E-state index contributed by atoms with van der Waals surface area (Å²) in [6, 6.07) is 4.63. The van der Waals surface area contributed by atoms with Crippen molar-refractivity contribution < 1.29 is 9.18 Å². The van der Waals surface area contributed by atoms with Gasteiger partial charge in [-0.15, -0.1) is 0 Å². The minimum Gasteiger partial charge on any atom is -0.366 e. The van der Waals surface area contributed by atoms with Crippen LogP contribution in [0.3, 0.4) is 0 Å². The standard InChI is InChI=1S/C15H13FN6O/c16-10-1-2-12-13(3-10)18-8-19-15(12)21-6-11(7-21)22-5-9(4-20-22)14(17)23/h1-5,8,11H,6-7H2,(H2,17,23). The fourth-order valence-electron chi connectivity index (χ4n) is 2.73. The second-order valence-corrected chi connectivity index (χ2v) is 5.49. The van der Waals surface area contributed by atoms with Gasteiger partial charge in [0.25, 0.3) is 5.91 Å². The zero-order chi connectivity index (χ0) is 16.0. The number of carbonyl (C=O) groups excluding carboxylic acids is 1. The highest BCUT2D eigenvalue weighted by Crippen LogP contribution is 2.31. The van der Waals surface area contributed by atoms with Gasteiger partial charge in [0.2, 0.25) is 0 Å². The maximum atomic E-state index is 13.3. The van der Waals surface area contributed by atoms with Crippen molar-refractivity contribution in [1.82, 2.24) is 19.7 Å². The first-order valence-corrected chi connectivity index (χ1v) is 7.11. The molecular formula is C15H13FN6O. The summed E-state index contributed by atoms with van der Waals surface area (Å²) < 4.78 is 15.0. The van der Waals surface area contributed by atoms with Gasteiger partial charge in [0.05, 0.1) is 23.3 Å². The van der Waals surface area contributed by atoms with Crippen LogP contribution in [-0.4, -0.2) is 38.7 Å². The highest BCUT2D eigenvalue weighted by atomic mass is 19.1. The highest BCUT2D eigenvalue weighted by molar-refractivity contribution is 5.92. The van der Waals surface area contributed by atoms with E-state index in [2.05, 4.69) is 20.0 Å². The average molecular weight is 312 g/mol. The Morgan fingerprint density at radius 1 is 1.30 bits per heavy atom. The van der Waals surface area contributed by atoms with Crippen LogP contribution in [0, 0.1) is 5.82 Å². The summed E-state index contributed by atoms with van der Waals surface area (Å²) in [4.78, 5) is 21.6. The quantitative estimate of drug-likeness (QED) is 0.783. The summed E-state index contributed by atoms with van der Waals surface area (Å²) in [5, 5.41) is 4.98. The molecule has 0 aliphatic carbocycles. The Labute approximate surface area is 130 Å². The van der Waals surface area contributed by atoms with Crippen molar-refractivity contribution in [3.8, 4) is 0 Å². The Balaban J connectivity index is 1.56. The van der Waals surface area contributed by atoms with Crippen LogP contribution in [0.5, 0.6) is 0 Å². The van der Waals surface area contributed by atoms with Crippen LogP contribution in [0.4, 0.5) is 10.2 Å². The number of aromatic nitrogens is 4. The number of fused-ring (bicyclic) bond motifs is 1. The predicted octanol–water partition coefficient (Wildman–Crippen LogP) is 1.13. The van der Waals surface area contributed by atoms with Crippen LogP contribution in [0.1, 0.15) is 16.4 Å². The molecule has 0 unspecified atom stereocenters. The number of hydrogen-bond acceptors (Lipinski definition) is 5. The van der Waals surface area contributed by atoms with E-state index in [0.29, 0.717) is 24.2 Å². The van der Waals surface area contributed by atoms with Gasteiger partial charge in [0.1, 0.15) is 18.0 Å². The molecule has 2 N–H and O–H groups in total. The van der Waals surface area contributed by atoms with E-state index < -0.39 is 5.91 Å². The Morgan fingerprint density at radius 3 is 2.87 bits per heavy atom. The van der Waals surface area contributed by atoms with Gasteiger partial charge in [0, 0.05) is 30.7 Å². The number of anilines is 1. The summed E-state index contributed by atoms with van der Waals surface area (Å²) in [6.45, 7) is 1.40. The lowest BCUT2D eigenvalue weighted by Gasteiger charge is -2.40. The molecule has 1 fully saturated rings. The van der Waals surface area contributed by atoms with E-state index in [1.165, 1.54) is 24.7 Å². The van der Waals surface area contributed by atoms with E-state index in [0.717, 1.165) is 11.2 Å². The molecule has 0 radical (unpaired) electrons. The van der Waals surface area contributed by atoms with E-state index in [1.54, 1.807) is 16.9 Å². The maximum absolute atomic E-state index is 13.3. The maximum Gasteiger partial charge on any atom is 0.251 e. The highest BCUT2D eigenvalue weighted by Gasteiger charge is 2.31. The van der Waals surface area contributed by atoms with E-state index in [1.807, 2.05) is 0 Å². The minimum atomic E-state index is -0.490. The molecule has 3 aromatic rings. The topological polar surface area (TPSA) is 89.9 Å². The number of primary amides is 1. The van der Waals surface area contributed by atoms with E-state index >= 15 is 0 Å². The van der Waals surface area contributed by atoms with Gasteiger partial charge in [-0.25, -0.2) is 14.4 Å². The van der Waals surface area contributed by atoms with Crippen molar-refractivity contribution in [2.45, 2.75) is 6.04 Å². The molecule has 4 rings (SSSR count). The molecule has 2 aromatic heterocycles. The van der Waals surface area contributed by atoms with Crippen LogP contribution in [-0.2, 0) is 0 Å². The summed E-state index contributed by atoms with van der Waals surface area (Å²) >= 11 is 0. The lowest BCUT2D eigenvalue weighted by molar-refractivity contribution is 0.1000. The first-order valence-electron chi connectivity index (χ1n) is 7.11. The van der Waals surface area contributed by atoms with Gasteiger partial charge in [-0.1, -0.05) is 0 Å². The van der Waals surface area contributed by atoms with Crippen molar-refractivity contribution in [2.24, 2.45) is 5.73 Å². The largest absolute Gasteiger partial charge is 0.366 e. The lowest BCUT2D eigenvalue weighted by Crippen LogP contribution is -2.48. The number of halogens is 1. The second kappa shape index (κ2) is 5.01. The molecule has 0 saturated carbocycles. The Morgan fingerprint density at radius 2 is 2.13 bits per heavy atom. The lowest BCUT2D eigenvalue weighted by atomic mass is 10.1. The van der Waals surface area contributed by atoms with Crippen molar-refractivity contribution in [2.75, 3.05) is 18.0 Å². The normalized spacial score (nSPS) is 14.9. The Hall–Kier alpha value is -3.03. The molecule has 0 spiro atoms. The molecular weight excluding hydrogens is 299 g/mol. The third-order valence-electron chi connectivity index (χ3n) is 4.00. The molecule has 116 valence electrons. The first-order chi connectivity index (χ1) is 11.1. The second-order valence-electron chi connectivity index (χ2n) is 5.49. The zero-order valence-corrected chi connectivity index (χ0v) is 12.1. The Bertz CT molecular complexity index is 902. The number of nitrogens with zero attached hydrogens (tertiary/aromatic N) is 5. The Kier molecular flexibility index (Phi) is 2.97. The molecule has 1 aliphatic rings. The molecule has 7 nitrogen and oxygen atoms in total. The molecule has 1 saturated heterocycles. The smallest absolute Gasteiger partial charge is 0.251 e. The van der Waals surface area contributed by atoms with Crippen LogP contribution in [0.15, 0.2) is 36.9 Å². The number of carbonyl (C=O) groups is 1. The number of nitrogens with two attached hydrogens (primary N) is 1. The van der Waals surface area contributed by atoms with Gasteiger partial charge in [0.15, 0.2) is 0 Å². The molecule has 3 heterocycles. The van der Waals surface area contributed by atoms with Crippen molar-refractivity contribution in [3.63, 3.8) is 0 Å². The minimum absolute atomic E-state index is 0.147. The number of hydrogen-bond donors (Lipinski definition) is 1. The average Bonchev–Trinajstić information content (AvgIpc) is 2.95. The van der Waals surface area contributed by atoms with Gasteiger partial charge >= 0.3 is 0 Å². The molecule has 23 heavy (non-hydrogen) atoms. The predicted molar refractivity (Wildman–Crippen MR) is 81.5 cm³/mol. The number of amides is 1.